The predicted octanol–water partition coefficient (Wildman–Crippen LogP) is 12.1. The highest BCUT2D eigenvalue weighted by molar-refractivity contribution is 6.11. The van der Waals surface area contributed by atoms with Crippen molar-refractivity contribution in [1.82, 2.24) is 24.5 Å². The van der Waals surface area contributed by atoms with E-state index in [-0.39, 0.29) is 5.41 Å². The Labute approximate surface area is 317 Å². The molecule has 3 heterocycles. The van der Waals surface area contributed by atoms with E-state index in [1.807, 2.05) is 78.9 Å². The van der Waals surface area contributed by atoms with Crippen molar-refractivity contribution in [3.05, 3.63) is 175 Å². The molecule has 0 amide bonds. The summed E-state index contributed by atoms with van der Waals surface area (Å²) in [5, 5.41) is 2.47. The van der Waals surface area contributed by atoms with Crippen LogP contribution in [0.2, 0.25) is 0 Å². The SMILES string of the molecule is CC1(C)c2ccccc2-c2cc3c4ccccc4n(-c4cccc(-c5nc6ccc(-c7nc(-c8ccccc8)nc(-c8ccccc8)n7)cc6o5)c4)c3cc21. The van der Waals surface area contributed by atoms with Gasteiger partial charge in [0.25, 0.3) is 0 Å². The number of aromatic nitrogens is 5. The van der Waals surface area contributed by atoms with Crippen LogP contribution in [-0.2, 0) is 5.41 Å². The lowest BCUT2D eigenvalue weighted by Crippen LogP contribution is -2.14. The van der Waals surface area contributed by atoms with Gasteiger partial charge in [-0.2, -0.15) is 0 Å². The molecule has 0 unspecified atom stereocenters. The van der Waals surface area contributed by atoms with Crippen molar-refractivity contribution in [2.24, 2.45) is 0 Å². The van der Waals surface area contributed by atoms with Crippen LogP contribution in [0.3, 0.4) is 0 Å². The van der Waals surface area contributed by atoms with Gasteiger partial charge in [-0.25, -0.2) is 19.9 Å². The minimum Gasteiger partial charge on any atom is -0.436 e. The van der Waals surface area contributed by atoms with Gasteiger partial charge in [0, 0.05) is 44.1 Å². The number of rotatable bonds is 5. The van der Waals surface area contributed by atoms with E-state index in [0.29, 0.717) is 28.9 Å². The molecule has 1 aliphatic carbocycles. The summed E-state index contributed by atoms with van der Waals surface area (Å²) in [6.07, 6.45) is 0. The van der Waals surface area contributed by atoms with Gasteiger partial charge in [0.05, 0.1) is 11.0 Å². The van der Waals surface area contributed by atoms with Crippen LogP contribution < -0.4 is 0 Å². The molecule has 7 aromatic carbocycles. The molecule has 55 heavy (non-hydrogen) atoms. The normalized spacial score (nSPS) is 13.1. The van der Waals surface area contributed by atoms with E-state index in [1.165, 1.54) is 38.5 Å². The number of hydrogen-bond donors (Lipinski definition) is 0. The van der Waals surface area contributed by atoms with Crippen LogP contribution in [-0.4, -0.2) is 24.5 Å². The first kappa shape index (κ1) is 31.4. The lowest BCUT2D eigenvalue weighted by atomic mass is 9.82. The van der Waals surface area contributed by atoms with E-state index in [4.69, 9.17) is 24.4 Å². The lowest BCUT2D eigenvalue weighted by molar-refractivity contribution is 0.620. The standard InChI is InChI=1S/C49H33N5O/c1-49(2)39-22-11-9-20-35(39)37-28-38-36-21-10-12-23-42(36)54(43(38)29-40(37)49)34-19-13-18-33(26-34)48-50-41-25-24-32(27-44(41)55-48)47-52-45(30-14-5-3-6-15-30)51-46(53-47)31-16-7-4-8-17-31/h3-29H,1-2H3. The van der Waals surface area contributed by atoms with E-state index in [2.05, 4.69) is 103 Å². The molecule has 0 bridgehead atoms. The highest BCUT2D eigenvalue weighted by Gasteiger charge is 2.36. The summed E-state index contributed by atoms with van der Waals surface area (Å²) in [4.78, 5) is 19.6. The molecule has 260 valence electrons. The van der Waals surface area contributed by atoms with Crippen LogP contribution in [0.4, 0.5) is 0 Å². The minimum atomic E-state index is -0.103. The van der Waals surface area contributed by atoms with E-state index >= 15 is 0 Å². The third-order valence-corrected chi connectivity index (χ3v) is 11.1. The fourth-order valence-corrected chi connectivity index (χ4v) is 8.34. The van der Waals surface area contributed by atoms with Crippen molar-refractivity contribution in [3.63, 3.8) is 0 Å². The van der Waals surface area contributed by atoms with Crippen LogP contribution in [0, 0.1) is 0 Å². The maximum Gasteiger partial charge on any atom is 0.227 e. The molecule has 0 saturated carbocycles. The summed E-state index contributed by atoms with van der Waals surface area (Å²) in [6.45, 7) is 4.67. The average molecular weight is 708 g/mol. The first-order chi connectivity index (χ1) is 27.0. The maximum absolute atomic E-state index is 6.53. The minimum absolute atomic E-state index is 0.103. The van der Waals surface area contributed by atoms with E-state index in [0.717, 1.165) is 39.0 Å². The molecule has 11 rings (SSSR count). The topological polar surface area (TPSA) is 69.6 Å². The second-order valence-corrected chi connectivity index (χ2v) is 14.7. The van der Waals surface area contributed by atoms with Crippen LogP contribution in [0.25, 0.3) is 95.3 Å². The highest BCUT2D eigenvalue weighted by Crippen LogP contribution is 2.51. The predicted molar refractivity (Wildman–Crippen MR) is 221 cm³/mol. The number of hydrogen-bond acceptors (Lipinski definition) is 5. The van der Waals surface area contributed by atoms with Gasteiger partial charge in [-0.3, -0.25) is 0 Å². The van der Waals surface area contributed by atoms with Gasteiger partial charge in [0.15, 0.2) is 23.1 Å². The number of para-hydroxylation sites is 1. The summed E-state index contributed by atoms with van der Waals surface area (Å²) >= 11 is 0. The fourth-order valence-electron chi connectivity index (χ4n) is 8.34. The molecule has 10 aromatic rings. The first-order valence-corrected chi connectivity index (χ1v) is 18.6. The molecule has 1 aliphatic rings. The highest BCUT2D eigenvalue weighted by atomic mass is 16.3. The Balaban J connectivity index is 1.02. The Hall–Kier alpha value is -7.18. The number of oxazole rings is 1. The van der Waals surface area contributed by atoms with E-state index in [9.17, 15) is 0 Å². The first-order valence-electron chi connectivity index (χ1n) is 18.6. The Bertz CT molecular complexity index is 3070. The third-order valence-electron chi connectivity index (χ3n) is 11.1. The van der Waals surface area contributed by atoms with Crippen molar-refractivity contribution in [2.75, 3.05) is 0 Å². The van der Waals surface area contributed by atoms with Crippen molar-refractivity contribution < 1.29 is 4.42 Å². The van der Waals surface area contributed by atoms with Gasteiger partial charge < -0.3 is 8.98 Å². The summed E-state index contributed by atoms with van der Waals surface area (Å²) < 4.78 is 8.90. The van der Waals surface area contributed by atoms with Crippen LogP contribution in [0.1, 0.15) is 25.0 Å². The van der Waals surface area contributed by atoms with Gasteiger partial charge in [0.2, 0.25) is 5.89 Å². The summed E-state index contributed by atoms with van der Waals surface area (Å²) in [5.74, 6) is 2.35. The van der Waals surface area contributed by atoms with Crippen LogP contribution in [0.15, 0.2) is 168 Å². The van der Waals surface area contributed by atoms with Gasteiger partial charge >= 0.3 is 0 Å². The number of nitrogens with zero attached hydrogens (tertiary/aromatic N) is 5. The van der Waals surface area contributed by atoms with Crippen LogP contribution >= 0.6 is 0 Å². The Morgan fingerprint density at radius 1 is 0.455 bits per heavy atom. The summed E-state index contributed by atoms with van der Waals surface area (Å²) in [7, 11) is 0. The molecule has 0 fully saturated rings. The third kappa shape index (κ3) is 4.95. The van der Waals surface area contributed by atoms with Crippen molar-refractivity contribution in [3.8, 4) is 62.4 Å². The molecule has 6 nitrogen and oxygen atoms in total. The van der Waals surface area contributed by atoms with Crippen molar-refractivity contribution in [2.45, 2.75) is 19.3 Å². The summed E-state index contributed by atoms with van der Waals surface area (Å²) in [5.41, 5.74) is 13.6. The Morgan fingerprint density at radius 3 is 1.87 bits per heavy atom. The van der Waals surface area contributed by atoms with Gasteiger partial charge in [-0.05, 0) is 76.9 Å². The molecule has 0 N–H and O–H groups in total. The molecule has 0 spiro atoms. The largest absolute Gasteiger partial charge is 0.436 e. The zero-order chi connectivity index (χ0) is 36.7. The van der Waals surface area contributed by atoms with Gasteiger partial charge in [-0.15, -0.1) is 0 Å². The fraction of sp³-hybridized carbons (Fsp3) is 0.0612. The van der Waals surface area contributed by atoms with E-state index in [1.54, 1.807) is 0 Å². The molecule has 0 atom stereocenters. The monoisotopic (exact) mass is 707 g/mol. The molecular weight excluding hydrogens is 675 g/mol. The number of benzene rings is 7. The molecule has 6 heteroatoms. The second-order valence-electron chi connectivity index (χ2n) is 14.7. The molecule has 0 radical (unpaired) electrons. The van der Waals surface area contributed by atoms with Gasteiger partial charge in [0.1, 0.15) is 5.52 Å². The average Bonchev–Trinajstić information content (AvgIpc) is 3.89. The molecular formula is C49H33N5O. The van der Waals surface area contributed by atoms with Crippen LogP contribution in [0.5, 0.6) is 0 Å². The maximum atomic E-state index is 6.53. The number of fused-ring (bicyclic) bond motifs is 7. The molecule has 0 aliphatic heterocycles. The van der Waals surface area contributed by atoms with Crippen molar-refractivity contribution >= 4 is 32.9 Å². The van der Waals surface area contributed by atoms with Crippen molar-refractivity contribution in [1.29, 1.82) is 0 Å². The smallest absolute Gasteiger partial charge is 0.227 e. The van der Waals surface area contributed by atoms with E-state index < -0.39 is 0 Å². The quantitative estimate of drug-likeness (QED) is 0.178. The second kappa shape index (κ2) is 11.9. The molecule has 3 aromatic heterocycles. The lowest BCUT2D eigenvalue weighted by Gasteiger charge is -2.21. The van der Waals surface area contributed by atoms with Gasteiger partial charge in [-0.1, -0.05) is 123 Å². The zero-order valence-corrected chi connectivity index (χ0v) is 30.2. The Morgan fingerprint density at radius 2 is 1.11 bits per heavy atom. The zero-order valence-electron chi connectivity index (χ0n) is 30.2. The summed E-state index contributed by atoms with van der Waals surface area (Å²) in [6, 6.07) is 56.7. The Kier molecular flexibility index (Phi) is 6.79. The molecule has 0 saturated heterocycles.